The third-order valence-corrected chi connectivity index (χ3v) is 5.23. The summed E-state index contributed by atoms with van der Waals surface area (Å²) in [6.45, 7) is 7.50. The Morgan fingerprint density at radius 1 is 1.11 bits per heavy atom. The predicted molar refractivity (Wildman–Crippen MR) is 105 cm³/mol. The molecule has 1 atom stereocenters. The van der Waals surface area contributed by atoms with E-state index in [4.69, 9.17) is 4.42 Å². The molecule has 0 bridgehead atoms. The van der Waals surface area contributed by atoms with Crippen LogP contribution in [0.2, 0.25) is 0 Å². The number of rotatable bonds is 5. The second-order valence-corrected chi connectivity index (χ2v) is 7.63. The third kappa shape index (κ3) is 4.25. The summed E-state index contributed by atoms with van der Waals surface area (Å²) in [5, 5.41) is 8.50. The van der Waals surface area contributed by atoms with Crippen LogP contribution < -0.4 is 0 Å². The molecule has 2 aromatic heterocycles. The highest BCUT2D eigenvalue weighted by molar-refractivity contribution is 5.45. The lowest BCUT2D eigenvalue weighted by molar-refractivity contribution is 0.186. The van der Waals surface area contributed by atoms with Crippen LogP contribution in [0.25, 0.3) is 11.6 Å². The molecule has 0 aliphatic carbocycles. The van der Waals surface area contributed by atoms with E-state index < -0.39 is 0 Å². The summed E-state index contributed by atoms with van der Waals surface area (Å²) in [6, 6.07) is 14.7. The molecule has 5 heteroatoms. The Balaban J connectivity index is 1.41. The minimum Gasteiger partial charge on any atom is -0.419 e. The molecule has 0 radical (unpaired) electrons. The van der Waals surface area contributed by atoms with Crippen molar-refractivity contribution in [2.75, 3.05) is 13.1 Å². The molecule has 3 aromatic rings. The highest BCUT2D eigenvalue weighted by Gasteiger charge is 2.26. The van der Waals surface area contributed by atoms with Crippen LogP contribution in [0.15, 0.2) is 53.1 Å². The van der Waals surface area contributed by atoms with E-state index in [0.717, 1.165) is 44.1 Å². The van der Waals surface area contributed by atoms with Gasteiger partial charge in [0.2, 0.25) is 5.89 Å². The molecule has 0 spiro atoms. The predicted octanol–water partition coefficient (Wildman–Crippen LogP) is 4.63. The third-order valence-electron chi connectivity index (χ3n) is 5.23. The van der Waals surface area contributed by atoms with Gasteiger partial charge in [-0.3, -0.25) is 9.88 Å². The highest BCUT2D eigenvalue weighted by atomic mass is 16.4. The normalized spacial score (nSPS) is 18.1. The Labute approximate surface area is 160 Å². The van der Waals surface area contributed by atoms with Crippen molar-refractivity contribution in [1.82, 2.24) is 20.1 Å². The summed E-state index contributed by atoms with van der Waals surface area (Å²) >= 11 is 0. The number of aromatic nitrogens is 3. The van der Waals surface area contributed by atoms with Gasteiger partial charge in [0, 0.05) is 19.3 Å². The van der Waals surface area contributed by atoms with Gasteiger partial charge < -0.3 is 4.42 Å². The maximum Gasteiger partial charge on any atom is 0.266 e. The second kappa shape index (κ2) is 8.01. The van der Waals surface area contributed by atoms with Crippen molar-refractivity contribution in [3.05, 3.63) is 65.7 Å². The molecule has 1 unspecified atom stereocenters. The maximum absolute atomic E-state index is 5.94. The average molecular weight is 362 g/mol. The lowest BCUT2D eigenvalue weighted by atomic mass is 9.97. The van der Waals surface area contributed by atoms with Crippen molar-refractivity contribution in [2.45, 2.75) is 45.1 Å². The van der Waals surface area contributed by atoms with E-state index in [1.165, 1.54) is 11.1 Å². The molecule has 1 aliphatic rings. The standard InChI is InChI=1S/C22H26N4O/c1-16(2)18-10-8-17(9-11-18)14-26-13-5-6-19(15-26)21-24-25-22(27-21)20-7-3-4-12-23-20/h3-4,7-12,16,19H,5-6,13-15H2,1-2H3. The van der Waals surface area contributed by atoms with Crippen molar-refractivity contribution in [3.63, 3.8) is 0 Å². The van der Waals surface area contributed by atoms with Crippen molar-refractivity contribution < 1.29 is 4.42 Å². The van der Waals surface area contributed by atoms with Gasteiger partial charge in [-0.2, -0.15) is 0 Å². The maximum atomic E-state index is 5.94. The molecule has 3 heterocycles. The van der Waals surface area contributed by atoms with Crippen LogP contribution in [0.1, 0.15) is 55.5 Å². The van der Waals surface area contributed by atoms with E-state index in [1.807, 2.05) is 18.2 Å². The van der Waals surface area contributed by atoms with Crippen LogP contribution in [-0.2, 0) is 6.54 Å². The summed E-state index contributed by atoms with van der Waals surface area (Å²) in [4.78, 5) is 6.78. The van der Waals surface area contributed by atoms with Gasteiger partial charge in [0.25, 0.3) is 5.89 Å². The van der Waals surface area contributed by atoms with Gasteiger partial charge in [-0.25, -0.2) is 0 Å². The molecule has 5 nitrogen and oxygen atoms in total. The fourth-order valence-corrected chi connectivity index (χ4v) is 3.66. The van der Waals surface area contributed by atoms with Gasteiger partial charge in [-0.05, 0) is 48.6 Å². The monoisotopic (exact) mass is 362 g/mol. The summed E-state index contributed by atoms with van der Waals surface area (Å²) < 4.78 is 5.94. The zero-order chi connectivity index (χ0) is 18.6. The molecule has 0 saturated carbocycles. The Morgan fingerprint density at radius 2 is 1.96 bits per heavy atom. The number of piperidine rings is 1. The van der Waals surface area contributed by atoms with Gasteiger partial charge in [-0.1, -0.05) is 44.2 Å². The highest BCUT2D eigenvalue weighted by Crippen LogP contribution is 2.28. The smallest absolute Gasteiger partial charge is 0.266 e. The van der Waals surface area contributed by atoms with E-state index in [9.17, 15) is 0 Å². The largest absolute Gasteiger partial charge is 0.419 e. The van der Waals surface area contributed by atoms with E-state index in [1.54, 1.807) is 6.20 Å². The molecule has 140 valence electrons. The van der Waals surface area contributed by atoms with Gasteiger partial charge in [-0.15, -0.1) is 10.2 Å². The Kier molecular flexibility index (Phi) is 5.30. The van der Waals surface area contributed by atoms with Crippen LogP contribution in [0.3, 0.4) is 0 Å². The van der Waals surface area contributed by atoms with E-state index in [2.05, 4.69) is 58.2 Å². The zero-order valence-corrected chi connectivity index (χ0v) is 16.0. The number of benzene rings is 1. The molecule has 27 heavy (non-hydrogen) atoms. The van der Waals surface area contributed by atoms with Crippen LogP contribution in [-0.4, -0.2) is 33.2 Å². The van der Waals surface area contributed by atoms with E-state index in [-0.39, 0.29) is 0 Å². The molecule has 1 fully saturated rings. The first kappa shape index (κ1) is 17.9. The second-order valence-electron chi connectivity index (χ2n) is 7.63. The Hall–Kier alpha value is -2.53. The zero-order valence-electron chi connectivity index (χ0n) is 16.0. The lowest BCUT2D eigenvalue weighted by Gasteiger charge is -2.31. The molecular formula is C22H26N4O. The number of nitrogens with zero attached hydrogens (tertiary/aromatic N) is 4. The van der Waals surface area contributed by atoms with Crippen LogP contribution in [0.5, 0.6) is 0 Å². The fourth-order valence-electron chi connectivity index (χ4n) is 3.66. The first-order valence-electron chi connectivity index (χ1n) is 9.75. The topological polar surface area (TPSA) is 55.1 Å². The van der Waals surface area contributed by atoms with Gasteiger partial charge in [0.15, 0.2) is 0 Å². The number of pyridine rings is 1. The number of likely N-dealkylation sites (tertiary alicyclic amines) is 1. The summed E-state index contributed by atoms with van der Waals surface area (Å²) in [7, 11) is 0. The van der Waals surface area contributed by atoms with Crippen molar-refractivity contribution in [1.29, 1.82) is 0 Å². The van der Waals surface area contributed by atoms with Crippen molar-refractivity contribution in [2.24, 2.45) is 0 Å². The Bertz CT molecular complexity index is 858. The molecule has 0 amide bonds. The first-order valence-corrected chi connectivity index (χ1v) is 9.75. The van der Waals surface area contributed by atoms with E-state index in [0.29, 0.717) is 17.7 Å². The molecule has 0 N–H and O–H groups in total. The summed E-state index contributed by atoms with van der Waals surface area (Å²) in [5.74, 6) is 2.10. The Morgan fingerprint density at radius 3 is 2.70 bits per heavy atom. The molecule has 4 rings (SSSR count). The van der Waals surface area contributed by atoms with E-state index >= 15 is 0 Å². The van der Waals surface area contributed by atoms with Gasteiger partial charge in [0.05, 0.1) is 5.92 Å². The molecule has 1 saturated heterocycles. The van der Waals surface area contributed by atoms with Crippen molar-refractivity contribution >= 4 is 0 Å². The minimum atomic E-state index is 0.290. The average Bonchev–Trinajstić information content (AvgIpc) is 3.20. The van der Waals surface area contributed by atoms with Crippen LogP contribution >= 0.6 is 0 Å². The molecule has 1 aliphatic heterocycles. The van der Waals surface area contributed by atoms with Crippen LogP contribution in [0, 0.1) is 0 Å². The quantitative estimate of drug-likeness (QED) is 0.662. The first-order chi connectivity index (χ1) is 13.2. The number of hydrogen-bond acceptors (Lipinski definition) is 5. The SMILES string of the molecule is CC(C)c1ccc(CN2CCCC(c3nnc(-c4ccccn4)o3)C2)cc1. The summed E-state index contributed by atoms with van der Waals surface area (Å²) in [6.07, 6.45) is 3.98. The van der Waals surface area contributed by atoms with Crippen molar-refractivity contribution in [3.8, 4) is 11.6 Å². The van der Waals surface area contributed by atoms with Crippen LogP contribution in [0.4, 0.5) is 0 Å². The fraction of sp³-hybridized carbons (Fsp3) is 0.409. The molecular weight excluding hydrogens is 336 g/mol. The molecule has 1 aromatic carbocycles. The minimum absolute atomic E-state index is 0.290. The lowest BCUT2D eigenvalue weighted by Crippen LogP contribution is -2.34. The number of hydrogen-bond donors (Lipinski definition) is 0. The summed E-state index contributed by atoms with van der Waals surface area (Å²) in [5.41, 5.74) is 3.48. The van der Waals surface area contributed by atoms with Gasteiger partial charge in [0.1, 0.15) is 5.69 Å². The van der Waals surface area contributed by atoms with Gasteiger partial charge >= 0.3 is 0 Å².